The number of aryl methyl sites for hydroxylation is 1. The molecule has 24 heavy (non-hydrogen) atoms. The van der Waals surface area contributed by atoms with E-state index in [4.69, 9.17) is 9.15 Å². The van der Waals surface area contributed by atoms with Crippen molar-refractivity contribution in [2.45, 2.75) is 45.3 Å². The molecule has 6 nitrogen and oxygen atoms in total. The van der Waals surface area contributed by atoms with Gasteiger partial charge in [0.15, 0.2) is 0 Å². The first-order valence-electron chi connectivity index (χ1n) is 8.43. The molecule has 6 heteroatoms. The Balaban J connectivity index is 1.48. The van der Waals surface area contributed by atoms with Gasteiger partial charge >= 0.3 is 0 Å². The van der Waals surface area contributed by atoms with Gasteiger partial charge in [-0.2, -0.15) is 0 Å². The summed E-state index contributed by atoms with van der Waals surface area (Å²) in [6, 6.07) is 9.67. The van der Waals surface area contributed by atoms with Crippen molar-refractivity contribution in [3.8, 4) is 11.5 Å². The lowest BCUT2D eigenvalue weighted by molar-refractivity contribution is -0.143. The van der Waals surface area contributed by atoms with E-state index in [9.17, 15) is 4.79 Å². The average molecular weight is 329 g/mol. The third kappa shape index (κ3) is 4.20. The Bertz CT molecular complexity index is 661. The van der Waals surface area contributed by atoms with Gasteiger partial charge in [-0.15, -0.1) is 10.2 Å². The zero-order valence-electron chi connectivity index (χ0n) is 14.1. The van der Waals surface area contributed by atoms with Crippen LogP contribution in [0.4, 0.5) is 0 Å². The number of benzene rings is 1. The molecule has 2 heterocycles. The van der Waals surface area contributed by atoms with Gasteiger partial charge in [-0.25, -0.2) is 0 Å². The fourth-order valence-corrected chi connectivity index (χ4v) is 2.98. The second-order valence-corrected chi connectivity index (χ2v) is 6.28. The summed E-state index contributed by atoms with van der Waals surface area (Å²) in [4.78, 5) is 14.2. The number of hydrogen-bond acceptors (Lipinski definition) is 5. The molecule has 2 unspecified atom stereocenters. The highest BCUT2D eigenvalue weighted by atomic mass is 16.5. The molecule has 2 atom stereocenters. The normalized spacial score (nSPS) is 21.0. The third-order valence-electron chi connectivity index (χ3n) is 4.04. The van der Waals surface area contributed by atoms with Gasteiger partial charge < -0.3 is 14.1 Å². The number of ether oxygens (including phenoxy) is 1. The molecule has 0 spiro atoms. The highest BCUT2D eigenvalue weighted by molar-refractivity contribution is 5.76. The van der Waals surface area contributed by atoms with Crippen molar-refractivity contribution in [1.29, 1.82) is 0 Å². The van der Waals surface area contributed by atoms with Crippen LogP contribution in [0.5, 0.6) is 0 Å². The summed E-state index contributed by atoms with van der Waals surface area (Å²) in [7, 11) is 0. The standard InChI is InChI=1S/C18H23N3O3/c1-13-11-21(12-14(2)23-13)17(22)10-6-9-16-19-20-18(24-16)15-7-4-3-5-8-15/h3-5,7-8,13-14H,6,9-12H2,1-2H3. The van der Waals surface area contributed by atoms with Gasteiger partial charge in [-0.05, 0) is 32.4 Å². The van der Waals surface area contributed by atoms with E-state index in [2.05, 4.69) is 10.2 Å². The molecule has 0 bridgehead atoms. The third-order valence-corrected chi connectivity index (χ3v) is 4.04. The van der Waals surface area contributed by atoms with Crippen LogP contribution < -0.4 is 0 Å². The summed E-state index contributed by atoms with van der Waals surface area (Å²) < 4.78 is 11.3. The lowest BCUT2D eigenvalue weighted by atomic mass is 10.1. The van der Waals surface area contributed by atoms with Crippen molar-refractivity contribution >= 4 is 5.91 Å². The molecule has 3 rings (SSSR count). The molecule has 1 fully saturated rings. The Hall–Kier alpha value is -2.21. The minimum atomic E-state index is 0.0991. The molecule has 1 saturated heterocycles. The van der Waals surface area contributed by atoms with Crippen LogP contribution in [-0.2, 0) is 16.0 Å². The van der Waals surface area contributed by atoms with Gasteiger partial charge in [0.1, 0.15) is 0 Å². The highest BCUT2D eigenvalue weighted by Gasteiger charge is 2.25. The predicted octanol–water partition coefficient (Wildman–Crippen LogP) is 2.70. The summed E-state index contributed by atoms with van der Waals surface area (Å²) in [6.07, 6.45) is 2.00. The Morgan fingerprint density at radius 2 is 1.88 bits per heavy atom. The van der Waals surface area contributed by atoms with Crippen LogP contribution in [0.1, 0.15) is 32.6 Å². The van der Waals surface area contributed by atoms with Gasteiger partial charge in [0.25, 0.3) is 0 Å². The van der Waals surface area contributed by atoms with Gasteiger partial charge in [0.2, 0.25) is 17.7 Å². The first-order valence-corrected chi connectivity index (χ1v) is 8.43. The van der Waals surface area contributed by atoms with Gasteiger partial charge in [0.05, 0.1) is 12.2 Å². The zero-order valence-corrected chi connectivity index (χ0v) is 14.1. The molecule has 1 amide bonds. The molecule has 0 N–H and O–H groups in total. The number of amides is 1. The summed E-state index contributed by atoms with van der Waals surface area (Å²) in [6.45, 7) is 5.34. The summed E-state index contributed by atoms with van der Waals surface area (Å²) in [5.74, 6) is 1.26. The van der Waals surface area contributed by atoms with E-state index in [0.29, 0.717) is 44.1 Å². The molecular weight excluding hydrogens is 306 g/mol. The maximum atomic E-state index is 12.3. The first kappa shape index (κ1) is 16.6. The van der Waals surface area contributed by atoms with E-state index in [1.807, 2.05) is 49.1 Å². The molecule has 0 radical (unpaired) electrons. The van der Waals surface area contributed by atoms with Crippen molar-refractivity contribution in [1.82, 2.24) is 15.1 Å². The number of carbonyl (C=O) groups is 1. The molecule has 128 valence electrons. The van der Waals surface area contributed by atoms with Crippen molar-refractivity contribution in [2.75, 3.05) is 13.1 Å². The zero-order chi connectivity index (χ0) is 16.9. The van der Waals surface area contributed by atoms with Crippen LogP contribution in [0.2, 0.25) is 0 Å². The number of aromatic nitrogens is 2. The first-order chi connectivity index (χ1) is 11.6. The fraction of sp³-hybridized carbons (Fsp3) is 0.500. The Kier molecular flexibility index (Phi) is 5.25. The number of morpholine rings is 1. The maximum absolute atomic E-state index is 12.3. The largest absolute Gasteiger partial charge is 0.421 e. The number of carbonyl (C=O) groups excluding carboxylic acids is 1. The van der Waals surface area contributed by atoms with Crippen LogP contribution in [-0.4, -0.2) is 46.3 Å². The molecule has 0 aliphatic carbocycles. The minimum absolute atomic E-state index is 0.0991. The van der Waals surface area contributed by atoms with E-state index in [-0.39, 0.29) is 18.1 Å². The number of nitrogens with zero attached hydrogens (tertiary/aromatic N) is 3. The van der Waals surface area contributed by atoms with Crippen molar-refractivity contribution < 1.29 is 13.9 Å². The Labute approximate surface area is 141 Å². The van der Waals surface area contributed by atoms with E-state index in [1.165, 1.54) is 0 Å². The molecule has 1 aromatic carbocycles. The van der Waals surface area contributed by atoms with Crippen molar-refractivity contribution in [3.63, 3.8) is 0 Å². The molecular formula is C18H23N3O3. The van der Waals surface area contributed by atoms with Gasteiger partial charge in [0, 0.05) is 31.5 Å². The Morgan fingerprint density at radius 1 is 1.17 bits per heavy atom. The van der Waals surface area contributed by atoms with Gasteiger partial charge in [-0.1, -0.05) is 18.2 Å². The van der Waals surface area contributed by atoms with Crippen LogP contribution in [0.15, 0.2) is 34.7 Å². The van der Waals surface area contributed by atoms with Crippen LogP contribution in [0, 0.1) is 0 Å². The van der Waals surface area contributed by atoms with Crippen LogP contribution >= 0.6 is 0 Å². The van der Waals surface area contributed by atoms with Crippen LogP contribution in [0.25, 0.3) is 11.5 Å². The van der Waals surface area contributed by atoms with E-state index >= 15 is 0 Å². The summed E-state index contributed by atoms with van der Waals surface area (Å²) >= 11 is 0. The second kappa shape index (κ2) is 7.57. The molecule has 2 aromatic rings. The lowest BCUT2D eigenvalue weighted by Gasteiger charge is -2.35. The van der Waals surface area contributed by atoms with E-state index in [0.717, 1.165) is 5.56 Å². The lowest BCUT2D eigenvalue weighted by Crippen LogP contribution is -2.48. The molecule has 1 aliphatic rings. The SMILES string of the molecule is CC1CN(C(=O)CCCc2nnc(-c3ccccc3)o2)CC(C)O1. The fourth-order valence-electron chi connectivity index (χ4n) is 2.98. The topological polar surface area (TPSA) is 68.5 Å². The summed E-state index contributed by atoms with van der Waals surface area (Å²) in [5.41, 5.74) is 0.906. The molecule has 0 saturated carbocycles. The highest BCUT2D eigenvalue weighted by Crippen LogP contribution is 2.18. The monoisotopic (exact) mass is 329 g/mol. The quantitative estimate of drug-likeness (QED) is 0.843. The molecule has 1 aliphatic heterocycles. The van der Waals surface area contributed by atoms with Crippen molar-refractivity contribution in [2.24, 2.45) is 0 Å². The van der Waals surface area contributed by atoms with E-state index in [1.54, 1.807) is 0 Å². The number of rotatable bonds is 5. The second-order valence-electron chi connectivity index (χ2n) is 6.28. The number of hydrogen-bond donors (Lipinski definition) is 0. The summed E-state index contributed by atoms with van der Waals surface area (Å²) in [5, 5.41) is 8.13. The Morgan fingerprint density at radius 3 is 2.58 bits per heavy atom. The van der Waals surface area contributed by atoms with Crippen LogP contribution in [0.3, 0.4) is 0 Å². The van der Waals surface area contributed by atoms with Gasteiger partial charge in [-0.3, -0.25) is 4.79 Å². The maximum Gasteiger partial charge on any atom is 0.247 e. The minimum Gasteiger partial charge on any atom is -0.421 e. The molecule has 1 aromatic heterocycles. The van der Waals surface area contributed by atoms with E-state index < -0.39 is 0 Å². The predicted molar refractivity (Wildman–Crippen MR) is 89.3 cm³/mol. The smallest absolute Gasteiger partial charge is 0.247 e. The van der Waals surface area contributed by atoms with Crippen molar-refractivity contribution in [3.05, 3.63) is 36.2 Å². The average Bonchev–Trinajstić information content (AvgIpc) is 3.03.